The smallest absolute Gasteiger partial charge is 0.299 e. The van der Waals surface area contributed by atoms with Crippen LogP contribution in [-0.4, -0.2) is 25.3 Å². The van der Waals surface area contributed by atoms with Crippen molar-refractivity contribution in [1.82, 2.24) is 9.29 Å². The fourth-order valence-electron chi connectivity index (χ4n) is 2.69. The van der Waals surface area contributed by atoms with E-state index in [2.05, 4.69) is 4.72 Å². The van der Waals surface area contributed by atoms with Crippen molar-refractivity contribution in [2.75, 3.05) is 12.3 Å². The van der Waals surface area contributed by atoms with Crippen molar-refractivity contribution < 1.29 is 8.42 Å². The van der Waals surface area contributed by atoms with E-state index in [1.165, 1.54) is 6.07 Å². The van der Waals surface area contributed by atoms with Gasteiger partial charge < -0.3 is 0 Å². The third-order valence-corrected chi connectivity index (χ3v) is 8.21. The zero-order valence-corrected chi connectivity index (χ0v) is 18.9. The lowest BCUT2D eigenvalue weighted by molar-refractivity contribution is 0.584. The van der Waals surface area contributed by atoms with Crippen molar-refractivity contribution >= 4 is 66.5 Å². The summed E-state index contributed by atoms with van der Waals surface area (Å²) in [6.45, 7) is 2.71. The standard InChI is InChI=1S/C18H18Cl2N2O3S3/c1-2-22-16-7-6-12(10-17(16)27-18(22)23)28(24,25)21-8-9-26-11-13-14(19)4-3-5-15(13)20/h3-7,10,21H,2,8-9,11H2,1H3. The summed E-state index contributed by atoms with van der Waals surface area (Å²) in [6.07, 6.45) is 0. The second-order valence-corrected chi connectivity index (χ2v) is 10.6. The summed E-state index contributed by atoms with van der Waals surface area (Å²) in [5, 5.41) is 1.21. The lowest BCUT2D eigenvalue weighted by Gasteiger charge is -2.09. The quantitative estimate of drug-likeness (QED) is 0.482. The van der Waals surface area contributed by atoms with E-state index in [1.54, 1.807) is 46.7 Å². The molecule has 1 aromatic heterocycles. The number of thiazole rings is 1. The largest absolute Gasteiger partial charge is 0.308 e. The minimum atomic E-state index is -3.64. The highest BCUT2D eigenvalue weighted by Crippen LogP contribution is 2.28. The number of halogens is 2. The van der Waals surface area contributed by atoms with Crippen LogP contribution in [0.1, 0.15) is 12.5 Å². The molecule has 0 atom stereocenters. The fraction of sp³-hybridized carbons (Fsp3) is 0.278. The molecule has 1 N–H and O–H groups in total. The molecule has 0 saturated heterocycles. The normalized spacial score (nSPS) is 12.0. The van der Waals surface area contributed by atoms with E-state index in [4.69, 9.17) is 23.2 Å². The third-order valence-electron chi connectivity index (χ3n) is 4.11. The second kappa shape index (κ2) is 9.19. The summed E-state index contributed by atoms with van der Waals surface area (Å²) in [4.78, 5) is 12.0. The monoisotopic (exact) mass is 476 g/mol. The molecule has 2 aromatic carbocycles. The number of benzene rings is 2. The van der Waals surface area contributed by atoms with Crippen LogP contribution >= 0.6 is 46.3 Å². The molecule has 0 unspecified atom stereocenters. The van der Waals surface area contributed by atoms with Crippen LogP contribution in [0.15, 0.2) is 46.1 Å². The minimum absolute atomic E-state index is 0.0883. The van der Waals surface area contributed by atoms with Gasteiger partial charge in [-0.1, -0.05) is 40.6 Å². The van der Waals surface area contributed by atoms with E-state index in [0.29, 0.717) is 32.8 Å². The Morgan fingerprint density at radius 3 is 2.57 bits per heavy atom. The summed E-state index contributed by atoms with van der Waals surface area (Å²) in [6, 6.07) is 10.1. The average molecular weight is 477 g/mol. The van der Waals surface area contributed by atoms with Gasteiger partial charge in [0.1, 0.15) is 0 Å². The van der Waals surface area contributed by atoms with Gasteiger partial charge in [-0.3, -0.25) is 9.36 Å². The van der Waals surface area contributed by atoms with Gasteiger partial charge in [0.15, 0.2) is 0 Å². The van der Waals surface area contributed by atoms with Crippen LogP contribution in [0.4, 0.5) is 0 Å². The number of nitrogens with one attached hydrogen (secondary N) is 1. The Kier molecular flexibility index (Phi) is 7.12. The molecule has 0 fully saturated rings. The highest BCUT2D eigenvalue weighted by Gasteiger charge is 2.16. The summed E-state index contributed by atoms with van der Waals surface area (Å²) in [5.74, 6) is 1.17. The summed E-state index contributed by atoms with van der Waals surface area (Å²) in [5.41, 5.74) is 1.60. The van der Waals surface area contributed by atoms with E-state index < -0.39 is 10.0 Å². The second-order valence-electron chi connectivity index (χ2n) is 5.89. The van der Waals surface area contributed by atoms with E-state index >= 15 is 0 Å². The van der Waals surface area contributed by atoms with E-state index in [9.17, 15) is 13.2 Å². The topological polar surface area (TPSA) is 68.2 Å². The number of hydrogen-bond acceptors (Lipinski definition) is 5. The number of thioether (sulfide) groups is 1. The number of aromatic nitrogens is 1. The van der Waals surface area contributed by atoms with Crippen molar-refractivity contribution in [3.8, 4) is 0 Å². The molecule has 3 aromatic rings. The molecule has 10 heteroatoms. The predicted molar refractivity (Wildman–Crippen MR) is 120 cm³/mol. The number of hydrogen-bond donors (Lipinski definition) is 1. The third kappa shape index (κ3) is 4.75. The zero-order chi connectivity index (χ0) is 20.3. The Labute approximate surface area is 181 Å². The molecule has 0 saturated carbocycles. The average Bonchev–Trinajstić information content (AvgIpc) is 2.97. The first-order valence-corrected chi connectivity index (χ1v) is 12.7. The van der Waals surface area contributed by atoms with Crippen molar-refractivity contribution in [3.05, 3.63) is 61.7 Å². The predicted octanol–water partition coefficient (Wildman–Crippen LogP) is 4.60. The van der Waals surface area contributed by atoms with Crippen LogP contribution in [0.25, 0.3) is 10.2 Å². The van der Waals surface area contributed by atoms with Crippen molar-refractivity contribution in [1.29, 1.82) is 0 Å². The Bertz CT molecular complexity index is 1140. The lowest BCUT2D eigenvalue weighted by atomic mass is 10.2. The van der Waals surface area contributed by atoms with E-state index in [1.807, 2.05) is 6.92 Å². The molecule has 1 heterocycles. The van der Waals surface area contributed by atoms with Crippen molar-refractivity contribution in [2.45, 2.75) is 24.1 Å². The molecule has 0 aliphatic rings. The first-order valence-electron chi connectivity index (χ1n) is 8.47. The molecule has 28 heavy (non-hydrogen) atoms. The highest BCUT2D eigenvalue weighted by molar-refractivity contribution is 7.98. The Balaban J connectivity index is 1.61. The van der Waals surface area contributed by atoms with Gasteiger partial charge in [0.2, 0.25) is 10.0 Å². The van der Waals surface area contributed by atoms with Crippen LogP contribution in [0.5, 0.6) is 0 Å². The van der Waals surface area contributed by atoms with Gasteiger partial charge in [-0.05, 0) is 42.8 Å². The Hall–Kier alpha value is -1.03. The molecule has 0 radical (unpaired) electrons. The van der Waals surface area contributed by atoms with Gasteiger partial charge in [0.05, 0.1) is 15.1 Å². The molecular weight excluding hydrogens is 459 g/mol. The first kappa shape index (κ1) is 21.7. The SMILES string of the molecule is CCn1c(=O)sc2cc(S(=O)(=O)NCCSCc3c(Cl)cccc3Cl)ccc21. The maximum Gasteiger partial charge on any atom is 0.308 e. The van der Waals surface area contributed by atoms with Crippen LogP contribution in [0.3, 0.4) is 0 Å². The molecule has 0 aliphatic carbocycles. The van der Waals surface area contributed by atoms with Gasteiger partial charge in [0.25, 0.3) is 0 Å². The molecule has 0 aliphatic heterocycles. The number of nitrogens with zero attached hydrogens (tertiary/aromatic N) is 1. The summed E-state index contributed by atoms with van der Waals surface area (Å²) >= 11 is 14.9. The number of rotatable bonds is 8. The van der Waals surface area contributed by atoms with Crippen molar-refractivity contribution in [3.63, 3.8) is 0 Å². The first-order chi connectivity index (χ1) is 13.3. The van der Waals surface area contributed by atoms with Crippen molar-refractivity contribution in [2.24, 2.45) is 0 Å². The lowest BCUT2D eigenvalue weighted by Crippen LogP contribution is -2.26. The molecule has 0 amide bonds. The van der Waals surface area contributed by atoms with Gasteiger partial charge >= 0.3 is 4.87 Å². The molecular formula is C18H18Cl2N2O3S3. The molecule has 150 valence electrons. The maximum atomic E-state index is 12.5. The van der Waals surface area contributed by atoms with Crippen LogP contribution < -0.4 is 9.60 Å². The van der Waals surface area contributed by atoms with Crippen LogP contribution in [-0.2, 0) is 22.3 Å². The van der Waals surface area contributed by atoms with Gasteiger partial charge in [-0.15, -0.1) is 0 Å². The van der Waals surface area contributed by atoms with Crippen LogP contribution in [0, 0.1) is 0 Å². The van der Waals surface area contributed by atoms with E-state index in [-0.39, 0.29) is 16.3 Å². The molecule has 0 spiro atoms. The number of aryl methyl sites for hydroxylation is 1. The van der Waals surface area contributed by atoms with Crippen LogP contribution in [0.2, 0.25) is 10.0 Å². The van der Waals surface area contributed by atoms with Gasteiger partial charge in [-0.25, -0.2) is 13.1 Å². The minimum Gasteiger partial charge on any atom is -0.299 e. The zero-order valence-electron chi connectivity index (χ0n) is 14.9. The Morgan fingerprint density at radius 1 is 1.18 bits per heavy atom. The van der Waals surface area contributed by atoms with Gasteiger partial charge in [-0.2, -0.15) is 11.8 Å². The summed E-state index contributed by atoms with van der Waals surface area (Å²) in [7, 11) is -3.64. The molecule has 5 nitrogen and oxygen atoms in total. The highest BCUT2D eigenvalue weighted by atomic mass is 35.5. The van der Waals surface area contributed by atoms with E-state index in [0.717, 1.165) is 22.4 Å². The maximum absolute atomic E-state index is 12.5. The van der Waals surface area contributed by atoms with Gasteiger partial charge in [0, 0.05) is 34.6 Å². The molecule has 3 rings (SSSR count). The number of fused-ring (bicyclic) bond motifs is 1. The molecule has 0 bridgehead atoms. The Morgan fingerprint density at radius 2 is 1.89 bits per heavy atom. The fourth-order valence-corrected chi connectivity index (χ4v) is 6.54. The summed E-state index contributed by atoms with van der Waals surface area (Å²) < 4.78 is 30.0. The number of sulfonamides is 1.